The van der Waals surface area contributed by atoms with Gasteiger partial charge in [0.2, 0.25) is 5.75 Å². The third kappa shape index (κ3) is 4.37. The number of ketones is 1. The number of aliphatic hydroxyl groups is 1. The minimum absolute atomic E-state index is 0.000125. The van der Waals surface area contributed by atoms with E-state index in [0.717, 1.165) is 16.0 Å². The first kappa shape index (κ1) is 27.4. The van der Waals surface area contributed by atoms with Gasteiger partial charge in [0.05, 0.1) is 50.3 Å². The standard InChI is InChI=1S/C31H28N2O8S/c1-15-10-17-11-16(6-9-21(17)41-15)27(34)25-26(18-12-22(38-3)29(40-5)23(13-18)39-4)33(30(36)28(25)35)31-32-20-8-7-19(37-2)14-24(20)42-31/h6-9,11-15,26,34H,10H2,1-5H3/t15-,26-/m1/s1. The molecule has 2 aliphatic rings. The highest BCUT2D eigenvalue weighted by Crippen LogP contribution is 2.48. The number of carbonyl (C=O) groups excluding carboxylic acids is 2. The van der Waals surface area contributed by atoms with Crippen molar-refractivity contribution < 1.29 is 38.4 Å². The number of hydrogen-bond acceptors (Lipinski definition) is 10. The van der Waals surface area contributed by atoms with Crippen molar-refractivity contribution in [3.63, 3.8) is 0 Å². The molecule has 2 aliphatic heterocycles. The fraction of sp³-hybridized carbons (Fsp3) is 0.258. The van der Waals surface area contributed by atoms with E-state index in [1.165, 1.54) is 37.6 Å². The molecular weight excluding hydrogens is 560 g/mol. The normalized spacial score (nSPS) is 19.1. The molecule has 3 aromatic carbocycles. The van der Waals surface area contributed by atoms with Crippen LogP contribution in [0.2, 0.25) is 0 Å². The molecule has 42 heavy (non-hydrogen) atoms. The van der Waals surface area contributed by atoms with Crippen LogP contribution < -0.4 is 28.6 Å². The molecule has 1 N–H and O–H groups in total. The van der Waals surface area contributed by atoms with Gasteiger partial charge in [0.1, 0.15) is 23.4 Å². The SMILES string of the molecule is COc1ccc2nc(N3C(=O)C(=O)C(=C(O)c4ccc5c(c4)C[C@@H](C)O5)[C@H]3c3cc(OC)c(OC)c(OC)c3)sc2c1. The van der Waals surface area contributed by atoms with E-state index in [4.69, 9.17) is 23.7 Å². The zero-order valence-electron chi connectivity index (χ0n) is 23.6. The Hall–Kier alpha value is -4.77. The van der Waals surface area contributed by atoms with E-state index in [0.29, 0.717) is 46.1 Å². The van der Waals surface area contributed by atoms with Gasteiger partial charge in [0, 0.05) is 12.0 Å². The molecule has 3 heterocycles. The van der Waals surface area contributed by atoms with Gasteiger partial charge in [-0.2, -0.15) is 0 Å². The number of methoxy groups -OCH3 is 4. The Bertz CT molecular complexity index is 1750. The summed E-state index contributed by atoms with van der Waals surface area (Å²) in [5, 5.41) is 12.0. The molecule has 6 rings (SSSR count). The Kier molecular flexibility index (Phi) is 6.90. The fourth-order valence-corrected chi connectivity index (χ4v) is 6.47. The highest BCUT2D eigenvalue weighted by molar-refractivity contribution is 7.22. The number of fused-ring (bicyclic) bond motifs is 2. The number of thiazole rings is 1. The number of ether oxygens (including phenoxy) is 5. The van der Waals surface area contributed by atoms with Crippen LogP contribution in [0, 0.1) is 0 Å². The number of aliphatic hydroxyl groups excluding tert-OH is 1. The van der Waals surface area contributed by atoms with Gasteiger partial charge in [0.15, 0.2) is 16.6 Å². The smallest absolute Gasteiger partial charge is 0.301 e. The summed E-state index contributed by atoms with van der Waals surface area (Å²) in [6, 6.07) is 12.9. The molecule has 11 heteroatoms. The van der Waals surface area contributed by atoms with Crippen molar-refractivity contribution in [1.82, 2.24) is 4.98 Å². The summed E-state index contributed by atoms with van der Waals surface area (Å²) in [5.74, 6) is 0.402. The molecule has 0 saturated carbocycles. The maximum atomic E-state index is 13.8. The van der Waals surface area contributed by atoms with Crippen molar-refractivity contribution in [1.29, 1.82) is 0 Å². The number of nitrogens with zero attached hydrogens (tertiary/aromatic N) is 2. The lowest BCUT2D eigenvalue weighted by Gasteiger charge is -2.24. The summed E-state index contributed by atoms with van der Waals surface area (Å²) >= 11 is 1.24. The van der Waals surface area contributed by atoms with Crippen LogP contribution in [0.15, 0.2) is 54.1 Å². The molecule has 0 bridgehead atoms. The van der Waals surface area contributed by atoms with Crippen LogP contribution in [0.1, 0.15) is 29.7 Å². The highest BCUT2D eigenvalue weighted by atomic mass is 32.1. The zero-order valence-corrected chi connectivity index (χ0v) is 24.4. The van der Waals surface area contributed by atoms with E-state index < -0.39 is 17.7 Å². The number of carbonyl (C=O) groups is 2. The van der Waals surface area contributed by atoms with Crippen LogP contribution in [-0.2, 0) is 16.0 Å². The van der Waals surface area contributed by atoms with Crippen molar-refractivity contribution in [2.45, 2.75) is 25.5 Å². The Balaban J connectivity index is 1.58. The molecule has 0 spiro atoms. The summed E-state index contributed by atoms with van der Waals surface area (Å²) in [5.41, 5.74) is 2.31. The molecule has 1 amide bonds. The van der Waals surface area contributed by atoms with Crippen LogP contribution >= 0.6 is 11.3 Å². The molecule has 1 fully saturated rings. The second-order valence-corrected chi connectivity index (χ2v) is 10.9. The predicted molar refractivity (Wildman–Crippen MR) is 157 cm³/mol. The lowest BCUT2D eigenvalue weighted by atomic mass is 9.94. The molecule has 0 unspecified atom stereocenters. The van der Waals surface area contributed by atoms with E-state index in [2.05, 4.69) is 4.98 Å². The number of anilines is 1. The summed E-state index contributed by atoms with van der Waals surface area (Å²) in [7, 11) is 6.01. The van der Waals surface area contributed by atoms with E-state index in [-0.39, 0.29) is 22.6 Å². The van der Waals surface area contributed by atoms with Gasteiger partial charge in [0.25, 0.3) is 5.78 Å². The minimum Gasteiger partial charge on any atom is -0.507 e. The second kappa shape index (κ2) is 10.6. The fourth-order valence-electron chi connectivity index (χ4n) is 5.45. The monoisotopic (exact) mass is 588 g/mol. The lowest BCUT2D eigenvalue weighted by Crippen LogP contribution is -2.29. The molecule has 0 aliphatic carbocycles. The van der Waals surface area contributed by atoms with E-state index in [9.17, 15) is 14.7 Å². The number of hydrogen-bond donors (Lipinski definition) is 1. The first-order valence-electron chi connectivity index (χ1n) is 13.1. The van der Waals surface area contributed by atoms with Gasteiger partial charge >= 0.3 is 5.91 Å². The number of Topliss-reactive ketones (excluding diaryl/α,β-unsaturated/α-hetero) is 1. The first-order valence-corrected chi connectivity index (χ1v) is 13.9. The molecule has 2 atom stereocenters. The van der Waals surface area contributed by atoms with Crippen LogP contribution in [0.25, 0.3) is 16.0 Å². The minimum atomic E-state index is -1.05. The average molecular weight is 589 g/mol. The van der Waals surface area contributed by atoms with Crippen molar-refractivity contribution >= 4 is 44.1 Å². The van der Waals surface area contributed by atoms with Gasteiger partial charge in [-0.3, -0.25) is 14.5 Å². The highest BCUT2D eigenvalue weighted by Gasteiger charge is 2.49. The molecule has 1 saturated heterocycles. The molecule has 4 aromatic rings. The summed E-state index contributed by atoms with van der Waals surface area (Å²) < 4.78 is 28.6. The molecule has 0 radical (unpaired) electrons. The van der Waals surface area contributed by atoms with Gasteiger partial charge in [-0.25, -0.2) is 4.98 Å². The predicted octanol–water partition coefficient (Wildman–Crippen LogP) is 5.28. The largest absolute Gasteiger partial charge is 0.507 e. The van der Waals surface area contributed by atoms with Gasteiger partial charge in [-0.05, 0) is 66.6 Å². The van der Waals surface area contributed by atoms with Crippen LogP contribution in [-0.4, -0.2) is 56.3 Å². The average Bonchev–Trinajstić information content (AvgIpc) is 3.67. The van der Waals surface area contributed by atoms with E-state index in [1.54, 1.807) is 49.6 Å². The number of rotatable bonds is 7. The van der Waals surface area contributed by atoms with Crippen LogP contribution in [0.3, 0.4) is 0 Å². The summed E-state index contributed by atoms with van der Waals surface area (Å²) in [4.78, 5) is 33.5. The third-order valence-corrected chi connectivity index (χ3v) is 8.42. The van der Waals surface area contributed by atoms with Gasteiger partial charge in [-0.15, -0.1) is 0 Å². The summed E-state index contributed by atoms with van der Waals surface area (Å²) in [6.45, 7) is 1.96. The number of benzene rings is 3. The Morgan fingerprint density at radius 1 is 0.976 bits per heavy atom. The molecular formula is C31H28N2O8S. The van der Waals surface area contributed by atoms with Crippen LogP contribution in [0.4, 0.5) is 5.13 Å². The zero-order chi connectivity index (χ0) is 29.7. The topological polar surface area (TPSA) is 117 Å². The molecule has 1 aromatic heterocycles. The molecule has 216 valence electrons. The Morgan fingerprint density at radius 3 is 2.38 bits per heavy atom. The quantitative estimate of drug-likeness (QED) is 0.175. The van der Waals surface area contributed by atoms with Gasteiger partial charge in [-0.1, -0.05) is 11.3 Å². The Labute approximate surface area is 245 Å². The summed E-state index contributed by atoms with van der Waals surface area (Å²) in [6.07, 6.45) is 0.663. The van der Waals surface area contributed by atoms with E-state index >= 15 is 0 Å². The first-order chi connectivity index (χ1) is 20.3. The lowest BCUT2D eigenvalue weighted by molar-refractivity contribution is -0.132. The van der Waals surface area contributed by atoms with Crippen LogP contribution in [0.5, 0.6) is 28.7 Å². The maximum absolute atomic E-state index is 13.8. The maximum Gasteiger partial charge on any atom is 0.301 e. The van der Waals surface area contributed by atoms with Crippen molar-refractivity contribution in [2.75, 3.05) is 33.3 Å². The molecule has 10 nitrogen and oxygen atoms in total. The Morgan fingerprint density at radius 2 is 1.71 bits per heavy atom. The number of amides is 1. The van der Waals surface area contributed by atoms with Gasteiger partial charge < -0.3 is 28.8 Å². The van der Waals surface area contributed by atoms with E-state index in [1.807, 2.05) is 13.0 Å². The van der Waals surface area contributed by atoms with Crippen molar-refractivity contribution in [3.05, 3.63) is 70.8 Å². The third-order valence-electron chi connectivity index (χ3n) is 7.41. The number of aromatic nitrogens is 1. The second-order valence-electron chi connectivity index (χ2n) is 9.91. The van der Waals surface area contributed by atoms with Crippen molar-refractivity contribution in [3.8, 4) is 28.7 Å². The van der Waals surface area contributed by atoms with Crippen molar-refractivity contribution in [2.24, 2.45) is 0 Å².